The fourth-order valence-electron chi connectivity index (χ4n) is 3.93. The molecule has 0 unspecified atom stereocenters. The number of ketones is 1. The summed E-state index contributed by atoms with van der Waals surface area (Å²) in [6.45, 7) is 3.74. The fraction of sp³-hybridized carbons (Fsp3) is 0.333. The first kappa shape index (κ1) is 22.2. The molecule has 0 N–H and O–H groups in total. The topological polar surface area (TPSA) is 74.3 Å². The van der Waals surface area contributed by atoms with Gasteiger partial charge in [-0.25, -0.2) is 4.79 Å². The molecule has 0 atom stereocenters. The molecule has 0 bridgehead atoms. The van der Waals surface area contributed by atoms with Crippen LogP contribution >= 0.6 is 0 Å². The Kier molecular flexibility index (Phi) is 6.24. The monoisotopic (exact) mass is 425 g/mol. The molecule has 0 fully saturated rings. The van der Waals surface area contributed by atoms with E-state index < -0.39 is 5.97 Å². The summed E-state index contributed by atoms with van der Waals surface area (Å²) in [5.41, 5.74) is 2.85. The maximum atomic E-state index is 12.6. The molecule has 0 aromatic heterocycles. The summed E-state index contributed by atoms with van der Waals surface area (Å²) < 4.78 is 21.1. The second-order valence-corrected chi connectivity index (χ2v) is 7.66. The Hall–Kier alpha value is -3.48. The molecule has 1 heterocycles. The van der Waals surface area contributed by atoms with Gasteiger partial charge in [0.25, 0.3) is 0 Å². The number of hydrogen-bond donors (Lipinski definition) is 0. The van der Waals surface area contributed by atoms with E-state index in [1.165, 1.54) is 27.4 Å². The van der Waals surface area contributed by atoms with Gasteiger partial charge in [0.2, 0.25) is 5.75 Å². The van der Waals surface area contributed by atoms with Gasteiger partial charge >= 0.3 is 5.97 Å². The number of para-hydroxylation sites is 1. The molecular formula is C24H27NO6. The van der Waals surface area contributed by atoms with Crippen LogP contribution in [-0.4, -0.2) is 46.7 Å². The molecule has 164 valence electrons. The third-order valence-electron chi connectivity index (χ3n) is 5.51. The minimum Gasteiger partial charge on any atom is -0.493 e. The molecule has 31 heavy (non-hydrogen) atoms. The van der Waals surface area contributed by atoms with E-state index in [0.717, 1.165) is 16.9 Å². The number of anilines is 1. The number of ether oxygens (including phenoxy) is 4. The highest BCUT2D eigenvalue weighted by molar-refractivity contribution is 5.98. The van der Waals surface area contributed by atoms with E-state index in [2.05, 4.69) is 19.9 Å². The number of likely N-dealkylation sites (N-methyl/N-ethyl adjacent to an activating group) is 1. The first-order valence-electron chi connectivity index (χ1n) is 9.80. The number of fused-ring (bicyclic) bond motifs is 1. The minimum absolute atomic E-state index is 0.145. The Bertz CT molecular complexity index is 1040. The van der Waals surface area contributed by atoms with Gasteiger partial charge in [0.1, 0.15) is 5.56 Å². The van der Waals surface area contributed by atoms with Crippen molar-refractivity contribution >= 4 is 17.4 Å². The van der Waals surface area contributed by atoms with Gasteiger partial charge in [-0.15, -0.1) is 0 Å². The standard InChI is InChI=1S/C24H27NO6/c1-24(2)17-9-7-8-10-18(17)25(3)20(24)13-15(26)14-31-23(27)16-11-12-19(28-4)22(30-6)21(16)29-5/h7-13H,14H2,1-6H3/b20-13+. The summed E-state index contributed by atoms with van der Waals surface area (Å²) in [6, 6.07) is 11.1. The van der Waals surface area contributed by atoms with E-state index >= 15 is 0 Å². The predicted octanol–water partition coefficient (Wildman–Crippen LogP) is 3.75. The van der Waals surface area contributed by atoms with Crippen molar-refractivity contribution in [3.63, 3.8) is 0 Å². The summed E-state index contributed by atoms with van der Waals surface area (Å²) in [7, 11) is 6.27. The third kappa shape index (κ3) is 3.95. The SMILES string of the molecule is COc1ccc(C(=O)OCC(=O)/C=C2/N(C)c3ccccc3C2(C)C)c(OC)c1OC. The molecule has 0 saturated heterocycles. The number of carbonyl (C=O) groups is 2. The third-order valence-corrected chi connectivity index (χ3v) is 5.51. The summed E-state index contributed by atoms with van der Waals surface area (Å²) in [6.07, 6.45) is 1.54. The zero-order chi connectivity index (χ0) is 22.8. The Morgan fingerprint density at radius 1 is 0.968 bits per heavy atom. The lowest BCUT2D eigenvalue weighted by Crippen LogP contribution is -2.25. The largest absolute Gasteiger partial charge is 0.493 e. The average molecular weight is 425 g/mol. The zero-order valence-electron chi connectivity index (χ0n) is 18.6. The molecule has 0 radical (unpaired) electrons. The highest BCUT2D eigenvalue weighted by atomic mass is 16.5. The smallest absolute Gasteiger partial charge is 0.342 e. The van der Waals surface area contributed by atoms with E-state index in [-0.39, 0.29) is 34.9 Å². The fourth-order valence-corrected chi connectivity index (χ4v) is 3.93. The zero-order valence-corrected chi connectivity index (χ0v) is 18.6. The quantitative estimate of drug-likeness (QED) is 0.494. The lowest BCUT2D eigenvalue weighted by molar-refractivity contribution is -0.117. The molecule has 1 aliphatic rings. The first-order valence-corrected chi connectivity index (χ1v) is 9.80. The molecular weight excluding hydrogens is 398 g/mol. The van der Waals surface area contributed by atoms with E-state index in [0.29, 0.717) is 5.75 Å². The normalized spacial score (nSPS) is 15.4. The van der Waals surface area contributed by atoms with Gasteiger partial charge in [0.15, 0.2) is 23.9 Å². The number of carbonyl (C=O) groups excluding carboxylic acids is 2. The molecule has 7 heteroatoms. The number of nitrogens with zero attached hydrogens (tertiary/aromatic N) is 1. The molecule has 1 aliphatic heterocycles. The van der Waals surface area contributed by atoms with Gasteiger partial charge in [0.05, 0.1) is 21.3 Å². The van der Waals surface area contributed by atoms with Gasteiger partial charge in [0, 0.05) is 29.9 Å². The molecule has 3 rings (SSSR count). The highest BCUT2D eigenvalue weighted by Gasteiger charge is 2.38. The van der Waals surface area contributed by atoms with Gasteiger partial charge in [-0.1, -0.05) is 32.0 Å². The summed E-state index contributed by atoms with van der Waals surface area (Å²) in [5, 5.41) is 0. The van der Waals surface area contributed by atoms with Crippen LogP contribution in [0.5, 0.6) is 17.2 Å². The van der Waals surface area contributed by atoms with Crippen molar-refractivity contribution in [1.82, 2.24) is 0 Å². The number of rotatable bonds is 7. The van der Waals surface area contributed by atoms with Crippen molar-refractivity contribution in [2.24, 2.45) is 0 Å². The lowest BCUT2D eigenvalue weighted by Gasteiger charge is -2.23. The highest BCUT2D eigenvalue weighted by Crippen LogP contribution is 2.46. The van der Waals surface area contributed by atoms with E-state index in [1.807, 2.05) is 30.1 Å². The van der Waals surface area contributed by atoms with Crippen molar-refractivity contribution in [3.05, 3.63) is 59.3 Å². The van der Waals surface area contributed by atoms with Crippen LogP contribution in [0.4, 0.5) is 5.69 Å². The van der Waals surface area contributed by atoms with Crippen molar-refractivity contribution in [2.75, 3.05) is 39.9 Å². The van der Waals surface area contributed by atoms with Crippen LogP contribution in [0.25, 0.3) is 0 Å². The number of allylic oxidation sites excluding steroid dienone is 1. The molecule has 2 aromatic carbocycles. The first-order chi connectivity index (χ1) is 14.8. The Balaban J connectivity index is 1.77. The van der Waals surface area contributed by atoms with Crippen molar-refractivity contribution in [1.29, 1.82) is 0 Å². The second kappa shape index (κ2) is 8.71. The summed E-state index contributed by atoms with van der Waals surface area (Å²) >= 11 is 0. The molecule has 0 spiro atoms. The van der Waals surface area contributed by atoms with Gasteiger partial charge in [-0.05, 0) is 23.8 Å². The number of hydrogen-bond acceptors (Lipinski definition) is 7. The van der Waals surface area contributed by atoms with Gasteiger partial charge in [-0.3, -0.25) is 4.79 Å². The maximum Gasteiger partial charge on any atom is 0.342 e. The average Bonchev–Trinajstić information content (AvgIpc) is 2.97. The number of esters is 1. The van der Waals surface area contributed by atoms with E-state index in [9.17, 15) is 9.59 Å². The van der Waals surface area contributed by atoms with Crippen LogP contribution in [0.3, 0.4) is 0 Å². The molecule has 7 nitrogen and oxygen atoms in total. The molecule has 2 aromatic rings. The van der Waals surface area contributed by atoms with Crippen LogP contribution < -0.4 is 19.1 Å². The van der Waals surface area contributed by atoms with Crippen molar-refractivity contribution < 1.29 is 28.5 Å². The summed E-state index contributed by atoms with van der Waals surface area (Å²) in [5.74, 6) is -0.116. The molecule has 0 amide bonds. The van der Waals surface area contributed by atoms with Crippen LogP contribution in [0, 0.1) is 0 Å². The predicted molar refractivity (Wildman–Crippen MR) is 117 cm³/mol. The van der Waals surface area contributed by atoms with Crippen LogP contribution in [0.15, 0.2) is 48.2 Å². The molecule has 0 saturated carbocycles. The Labute approximate surface area is 182 Å². The number of benzene rings is 2. The summed E-state index contributed by atoms with van der Waals surface area (Å²) in [4.78, 5) is 27.3. The number of methoxy groups -OCH3 is 3. The Morgan fingerprint density at radius 2 is 1.65 bits per heavy atom. The van der Waals surface area contributed by atoms with Crippen LogP contribution in [0.1, 0.15) is 29.8 Å². The molecule has 0 aliphatic carbocycles. The Morgan fingerprint density at radius 3 is 2.26 bits per heavy atom. The lowest BCUT2D eigenvalue weighted by atomic mass is 9.83. The van der Waals surface area contributed by atoms with Crippen LogP contribution in [-0.2, 0) is 14.9 Å². The van der Waals surface area contributed by atoms with Gasteiger partial charge < -0.3 is 23.8 Å². The minimum atomic E-state index is -0.688. The van der Waals surface area contributed by atoms with Crippen LogP contribution in [0.2, 0.25) is 0 Å². The maximum absolute atomic E-state index is 12.6. The van der Waals surface area contributed by atoms with Crippen molar-refractivity contribution in [3.8, 4) is 17.2 Å². The second-order valence-electron chi connectivity index (χ2n) is 7.66. The van der Waals surface area contributed by atoms with Crippen molar-refractivity contribution in [2.45, 2.75) is 19.3 Å². The van der Waals surface area contributed by atoms with E-state index in [4.69, 9.17) is 18.9 Å². The van der Waals surface area contributed by atoms with Gasteiger partial charge in [-0.2, -0.15) is 0 Å². The van der Waals surface area contributed by atoms with E-state index in [1.54, 1.807) is 12.1 Å².